The normalized spacial score (nSPS) is 13.1. The molecule has 1 atom stereocenters. The van der Waals surface area contributed by atoms with Gasteiger partial charge in [0.2, 0.25) is 5.91 Å². The van der Waals surface area contributed by atoms with Crippen LogP contribution in [0.4, 0.5) is 0 Å². The molecule has 0 saturated carbocycles. The SMILES string of the molecule is CC(CN(C(=O)/C=C/c1ccccc1)C(C)(C)C)C(=O)O. The maximum atomic E-state index is 12.4. The van der Waals surface area contributed by atoms with Crippen molar-refractivity contribution in [3.63, 3.8) is 0 Å². The summed E-state index contributed by atoms with van der Waals surface area (Å²) in [5.74, 6) is -1.68. The molecule has 0 aliphatic heterocycles. The lowest BCUT2D eigenvalue weighted by Crippen LogP contribution is -2.48. The molecule has 0 spiro atoms. The molecule has 4 nitrogen and oxygen atoms in total. The topological polar surface area (TPSA) is 57.6 Å². The van der Waals surface area contributed by atoms with Gasteiger partial charge in [0.15, 0.2) is 0 Å². The monoisotopic (exact) mass is 289 g/mol. The first-order valence-corrected chi connectivity index (χ1v) is 6.99. The quantitative estimate of drug-likeness (QED) is 0.848. The van der Waals surface area contributed by atoms with Crippen molar-refractivity contribution in [2.75, 3.05) is 6.54 Å². The van der Waals surface area contributed by atoms with E-state index in [1.165, 1.54) is 6.08 Å². The fourth-order valence-corrected chi connectivity index (χ4v) is 1.87. The van der Waals surface area contributed by atoms with E-state index in [1.807, 2.05) is 51.1 Å². The van der Waals surface area contributed by atoms with Crippen molar-refractivity contribution >= 4 is 18.0 Å². The van der Waals surface area contributed by atoms with Crippen LogP contribution in [0.15, 0.2) is 36.4 Å². The van der Waals surface area contributed by atoms with E-state index < -0.39 is 17.4 Å². The summed E-state index contributed by atoms with van der Waals surface area (Å²) < 4.78 is 0. The highest BCUT2D eigenvalue weighted by Crippen LogP contribution is 2.17. The molecule has 1 aromatic carbocycles. The summed E-state index contributed by atoms with van der Waals surface area (Å²) in [5.41, 5.74) is 0.507. The average molecular weight is 289 g/mol. The van der Waals surface area contributed by atoms with Gasteiger partial charge in [-0.1, -0.05) is 37.3 Å². The van der Waals surface area contributed by atoms with Gasteiger partial charge in [0, 0.05) is 18.2 Å². The number of carboxylic acid groups (broad SMARTS) is 1. The molecule has 1 unspecified atom stereocenters. The molecule has 0 heterocycles. The second-order valence-corrected chi connectivity index (χ2v) is 6.10. The maximum Gasteiger partial charge on any atom is 0.308 e. The third-order valence-corrected chi connectivity index (χ3v) is 3.17. The van der Waals surface area contributed by atoms with Crippen LogP contribution in [0.5, 0.6) is 0 Å². The molecule has 1 amide bonds. The molecule has 114 valence electrons. The summed E-state index contributed by atoms with van der Waals surface area (Å²) in [6, 6.07) is 9.53. The molecule has 1 rings (SSSR count). The Morgan fingerprint density at radius 2 is 1.81 bits per heavy atom. The summed E-state index contributed by atoms with van der Waals surface area (Å²) in [7, 11) is 0. The molecule has 1 N–H and O–H groups in total. The van der Waals surface area contributed by atoms with Gasteiger partial charge >= 0.3 is 5.97 Å². The lowest BCUT2D eigenvalue weighted by molar-refractivity contribution is -0.143. The molecule has 0 radical (unpaired) electrons. The molecular weight excluding hydrogens is 266 g/mol. The minimum atomic E-state index is -0.899. The number of hydrogen-bond donors (Lipinski definition) is 1. The molecule has 4 heteroatoms. The number of rotatable bonds is 5. The molecule has 0 aromatic heterocycles. The van der Waals surface area contributed by atoms with Crippen LogP contribution in [0.1, 0.15) is 33.3 Å². The fourth-order valence-electron chi connectivity index (χ4n) is 1.87. The number of carboxylic acids is 1. The van der Waals surface area contributed by atoms with Crippen LogP contribution in [0, 0.1) is 5.92 Å². The lowest BCUT2D eigenvalue weighted by atomic mass is 10.0. The predicted octanol–water partition coefficient (Wildman–Crippen LogP) is 3.05. The van der Waals surface area contributed by atoms with Gasteiger partial charge in [0.05, 0.1) is 5.92 Å². The van der Waals surface area contributed by atoms with Crippen LogP contribution in [-0.2, 0) is 9.59 Å². The standard InChI is InChI=1S/C17H23NO3/c1-13(16(20)21)12-18(17(2,3)4)15(19)11-10-14-8-6-5-7-9-14/h5-11,13H,12H2,1-4H3,(H,20,21)/b11-10+. The van der Waals surface area contributed by atoms with E-state index in [-0.39, 0.29) is 12.5 Å². The smallest absolute Gasteiger partial charge is 0.308 e. The van der Waals surface area contributed by atoms with E-state index >= 15 is 0 Å². The highest BCUT2D eigenvalue weighted by Gasteiger charge is 2.28. The molecule has 0 saturated heterocycles. The number of aliphatic carboxylic acids is 1. The van der Waals surface area contributed by atoms with E-state index in [0.29, 0.717) is 0 Å². The Kier molecular flexibility index (Phi) is 5.70. The Hall–Kier alpha value is -2.10. The molecule has 1 aromatic rings. The number of amides is 1. The van der Waals surface area contributed by atoms with Crippen molar-refractivity contribution < 1.29 is 14.7 Å². The third-order valence-electron chi connectivity index (χ3n) is 3.17. The second kappa shape index (κ2) is 7.07. The van der Waals surface area contributed by atoms with Crippen LogP contribution in [0.3, 0.4) is 0 Å². The van der Waals surface area contributed by atoms with Crippen molar-refractivity contribution in [1.82, 2.24) is 4.90 Å². The van der Waals surface area contributed by atoms with Crippen LogP contribution < -0.4 is 0 Å². The zero-order valence-corrected chi connectivity index (χ0v) is 13.0. The van der Waals surface area contributed by atoms with Gasteiger partial charge in [-0.3, -0.25) is 9.59 Å². The number of benzene rings is 1. The zero-order chi connectivity index (χ0) is 16.0. The van der Waals surface area contributed by atoms with Crippen molar-refractivity contribution in [3.05, 3.63) is 42.0 Å². The van der Waals surface area contributed by atoms with Crippen molar-refractivity contribution in [1.29, 1.82) is 0 Å². The predicted molar refractivity (Wildman–Crippen MR) is 83.7 cm³/mol. The van der Waals surface area contributed by atoms with Crippen molar-refractivity contribution in [3.8, 4) is 0 Å². The van der Waals surface area contributed by atoms with Crippen LogP contribution in [0.2, 0.25) is 0 Å². The highest BCUT2D eigenvalue weighted by atomic mass is 16.4. The first kappa shape index (κ1) is 17.0. The zero-order valence-electron chi connectivity index (χ0n) is 13.0. The maximum absolute atomic E-state index is 12.4. The largest absolute Gasteiger partial charge is 0.481 e. The van der Waals surface area contributed by atoms with Gasteiger partial charge in [-0.25, -0.2) is 0 Å². The molecule has 0 aliphatic carbocycles. The van der Waals surface area contributed by atoms with E-state index in [9.17, 15) is 9.59 Å². The van der Waals surface area contributed by atoms with E-state index in [1.54, 1.807) is 17.9 Å². The van der Waals surface area contributed by atoms with Crippen LogP contribution in [0.25, 0.3) is 6.08 Å². The minimum absolute atomic E-state index is 0.181. The summed E-state index contributed by atoms with van der Waals surface area (Å²) in [6.07, 6.45) is 3.24. The van der Waals surface area contributed by atoms with E-state index in [0.717, 1.165) is 5.56 Å². The second-order valence-electron chi connectivity index (χ2n) is 6.10. The van der Waals surface area contributed by atoms with Gasteiger partial charge < -0.3 is 10.0 Å². The van der Waals surface area contributed by atoms with Gasteiger partial charge in [0.25, 0.3) is 0 Å². The van der Waals surface area contributed by atoms with E-state index in [2.05, 4.69) is 0 Å². The van der Waals surface area contributed by atoms with Crippen LogP contribution in [-0.4, -0.2) is 34.0 Å². The summed E-state index contributed by atoms with van der Waals surface area (Å²) in [5, 5.41) is 9.03. The Labute approximate surface area is 126 Å². The van der Waals surface area contributed by atoms with Crippen molar-refractivity contribution in [2.45, 2.75) is 33.2 Å². The fraction of sp³-hybridized carbons (Fsp3) is 0.412. The molecular formula is C17H23NO3. The van der Waals surface area contributed by atoms with Gasteiger partial charge in [-0.15, -0.1) is 0 Å². The Morgan fingerprint density at radius 3 is 2.29 bits per heavy atom. The number of hydrogen-bond acceptors (Lipinski definition) is 2. The molecule has 0 fully saturated rings. The molecule has 0 bridgehead atoms. The third kappa shape index (κ3) is 5.42. The van der Waals surface area contributed by atoms with Gasteiger partial charge in [-0.05, 0) is 32.4 Å². The Bertz CT molecular complexity index is 515. The highest BCUT2D eigenvalue weighted by molar-refractivity contribution is 5.92. The number of nitrogens with zero attached hydrogens (tertiary/aromatic N) is 1. The summed E-state index contributed by atoms with van der Waals surface area (Å²) >= 11 is 0. The minimum Gasteiger partial charge on any atom is -0.481 e. The number of carbonyl (C=O) groups excluding carboxylic acids is 1. The summed E-state index contributed by atoms with van der Waals surface area (Å²) in [6.45, 7) is 7.49. The lowest BCUT2D eigenvalue weighted by Gasteiger charge is -2.36. The molecule has 0 aliphatic rings. The van der Waals surface area contributed by atoms with Gasteiger partial charge in [-0.2, -0.15) is 0 Å². The van der Waals surface area contributed by atoms with Gasteiger partial charge in [0.1, 0.15) is 0 Å². The van der Waals surface area contributed by atoms with Crippen LogP contribution >= 0.6 is 0 Å². The Morgan fingerprint density at radius 1 is 1.24 bits per heavy atom. The first-order chi connectivity index (χ1) is 9.71. The van der Waals surface area contributed by atoms with Crippen molar-refractivity contribution in [2.24, 2.45) is 5.92 Å². The number of carbonyl (C=O) groups is 2. The Balaban J connectivity index is 2.86. The summed E-state index contributed by atoms with van der Waals surface area (Å²) in [4.78, 5) is 25.0. The van der Waals surface area contributed by atoms with E-state index in [4.69, 9.17) is 5.11 Å². The average Bonchev–Trinajstić information content (AvgIpc) is 2.41. The molecule has 21 heavy (non-hydrogen) atoms. The first-order valence-electron chi connectivity index (χ1n) is 6.99.